The van der Waals surface area contributed by atoms with Gasteiger partial charge >= 0.3 is 17.9 Å². The van der Waals surface area contributed by atoms with Crippen molar-refractivity contribution in [1.82, 2.24) is 57.3 Å². The highest BCUT2D eigenvalue weighted by molar-refractivity contribution is 8.76. The molecule has 0 radical (unpaired) electrons. The maximum atomic E-state index is 15.2. The fourth-order valence-corrected chi connectivity index (χ4v) is 13.4. The van der Waals surface area contributed by atoms with E-state index in [4.69, 9.17) is 16.6 Å². The minimum Gasteiger partial charge on any atom is -0.508 e. The van der Waals surface area contributed by atoms with Crippen LogP contribution in [0.2, 0.25) is 0 Å². The predicted octanol–water partition coefficient (Wildman–Crippen LogP) is -1.09. The molecule has 2 fully saturated rings. The Kier molecular flexibility index (Phi) is 29.7. The van der Waals surface area contributed by atoms with Gasteiger partial charge in [0.2, 0.25) is 59.1 Å². The molecule has 3 aromatic carbocycles. The molecule has 0 saturated carbocycles. The standard InChI is InChI=1S/C65H87N13O18S2/c1-34(2)53(65(95)96)75-60(90)48-33-98-97-32-47(73-58(88)46(30-52(83)84)72-61(91)49-18-12-26-78(49)64(94)54(35(3)79)76-55(85)41(67)23-24-51(81)82)59(89)70-44(27-36-13-6-5-7-14-36)56(86)71-45(29-38-31-68-42-16-9-8-15-40(38)42)57(87)69-43(17-10-11-25-66)63(93)77(4)50(62(92)74-48)28-37-19-21-39(80)22-20-37/h5-9,13-16,19-22,31,34-35,41,43-50,53-54,68,79-80H,10-12,17-18,23-30,32-33,66-67H2,1-4H3,(H,69,87)(H,70,89)(H,71,86)(H,72,91)(H,73,88)(H,74,92)(H,75,90)(H,76,85)(H,81,82)(H,83,84)(H,95,96)/t35-,41+,43+,44+,45+,46+,47+,48+,49+,50+,53+,54+/m1/s1. The van der Waals surface area contributed by atoms with E-state index in [-0.39, 0.29) is 70.2 Å². The molecule has 1 aromatic heterocycles. The number of aliphatic hydroxyl groups is 1. The number of nitrogens with two attached hydrogens (primary N) is 2. The molecule has 2 aliphatic heterocycles. The zero-order valence-corrected chi connectivity index (χ0v) is 56.2. The van der Waals surface area contributed by atoms with Gasteiger partial charge in [-0.05, 0) is 92.8 Å². The summed E-state index contributed by atoms with van der Waals surface area (Å²) >= 11 is 0. The number of aliphatic hydroxyl groups excluding tert-OH is 1. The molecule has 532 valence electrons. The summed E-state index contributed by atoms with van der Waals surface area (Å²) < 4.78 is 0. The number of likely N-dealkylation sites (tertiary alicyclic amines) is 1. The molecule has 4 aromatic rings. The predicted molar refractivity (Wildman–Crippen MR) is 360 cm³/mol. The Morgan fingerprint density at radius 3 is 1.96 bits per heavy atom. The number of carbonyl (C=O) groups is 13. The van der Waals surface area contributed by atoms with Crippen LogP contribution in [-0.2, 0) is 81.6 Å². The second-order valence-electron chi connectivity index (χ2n) is 24.4. The second kappa shape index (κ2) is 37.4. The van der Waals surface area contributed by atoms with E-state index in [1.807, 2.05) is 0 Å². The Hall–Kier alpha value is -9.31. The molecule has 10 amide bonds. The van der Waals surface area contributed by atoms with Crippen molar-refractivity contribution in [3.05, 3.63) is 102 Å². The third-order valence-electron chi connectivity index (χ3n) is 16.6. The molecular weight excluding hydrogens is 1310 g/mol. The van der Waals surface area contributed by atoms with E-state index in [1.165, 1.54) is 52.1 Å². The van der Waals surface area contributed by atoms with Gasteiger partial charge in [-0.15, -0.1) is 0 Å². The Morgan fingerprint density at radius 2 is 1.32 bits per heavy atom. The number of aromatic hydroxyl groups is 1. The van der Waals surface area contributed by atoms with Gasteiger partial charge in [-0.3, -0.25) is 57.5 Å². The topological polar surface area (TPSA) is 494 Å². The number of aromatic amines is 1. The molecule has 3 heterocycles. The first-order valence-corrected chi connectivity index (χ1v) is 34.5. The minimum atomic E-state index is -2.00. The van der Waals surface area contributed by atoms with Crippen molar-refractivity contribution >= 4 is 109 Å². The van der Waals surface area contributed by atoms with Crippen LogP contribution in [0.25, 0.3) is 10.9 Å². The Morgan fingerprint density at radius 1 is 0.684 bits per heavy atom. The number of carbonyl (C=O) groups excluding carboxylic acids is 10. The van der Waals surface area contributed by atoms with Crippen LogP contribution < -0.4 is 54.0 Å². The van der Waals surface area contributed by atoms with Crippen LogP contribution in [0.4, 0.5) is 0 Å². The Balaban J connectivity index is 1.43. The van der Waals surface area contributed by atoms with Crippen LogP contribution >= 0.6 is 21.6 Å². The third-order valence-corrected chi connectivity index (χ3v) is 19.1. The van der Waals surface area contributed by atoms with E-state index in [1.54, 1.807) is 60.8 Å². The van der Waals surface area contributed by atoms with Gasteiger partial charge in [0, 0.05) is 67.9 Å². The number of aliphatic carboxylic acids is 3. The molecule has 33 heteroatoms. The fourth-order valence-electron chi connectivity index (χ4n) is 11.1. The molecule has 0 aliphatic carbocycles. The number of H-pyrrole nitrogens is 1. The highest BCUT2D eigenvalue weighted by Gasteiger charge is 2.43. The van der Waals surface area contributed by atoms with Gasteiger partial charge in [-0.2, -0.15) is 0 Å². The normalized spacial score (nSPS) is 21.6. The van der Waals surface area contributed by atoms with Gasteiger partial charge < -0.3 is 94.3 Å². The molecule has 0 unspecified atom stereocenters. The molecule has 0 bridgehead atoms. The lowest BCUT2D eigenvalue weighted by atomic mass is 9.99. The first-order chi connectivity index (χ1) is 46.6. The number of phenols is 1. The number of carboxylic acids is 3. The summed E-state index contributed by atoms with van der Waals surface area (Å²) in [4.78, 5) is 188. The van der Waals surface area contributed by atoms with Gasteiger partial charge in [-0.25, -0.2) is 4.79 Å². The number of aromatic nitrogens is 1. The average Bonchev–Trinajstić information content (AvgIpc) is 1.51. The van der Waals surface area contributed by atoms with Crippen molar-refractivity contribution in [2.24, 2.45) is 17.4 Å². The van der Waals surface area contributed by atoms with Crippen molar-refractivity contribution in [3.8, 4) is 5.75 Å². The SMILES string of the molecule is CC(C)[C@H](NC(=O)[C@@H]1CSSC[C@H](NC(=O)[C@H](CC(=O)O)NC(=O)[C@@H]2CCCN2C(=O)[C@@H](NC(=O)[C@@H](N)CCC(=O)O)[C@@H](C)O)C(=O)N[C@@H](Cc2ccccc2)C(=O)N[C@@H](Cc2c[nH]c3ccccc23)C(=O)N[C@@H](CCCCN)C(=O)N(C)[C@@H](Cc2ccc(O)cc2)C(=O)N1)C(=O)O. The third kappa shape index (κ3) is 22.6. The highest BCUT2D eigenvalue weighted by Crippen LogP contribution is 2.26. The van der Waals surface area contributed by atoms with Gasteiger partial charge in [0.1, 0.15) is 66.2 Å². The van der Waals surface area contributed by atoms with Gasteiger partial charge in [0.15, 0.2) is 0 Å². The van der Waals surface area contributed by atoms with Crippen LogP contribution in [0.5, 0.6) is 5.75 Å². The molecule has 6 rings (SSSR count). The van der Waals surface area contributed by atoms with E-state index in [2.05, 4.69) is 47.5 Å². The number of nitrogens with one attached hydrogen (secondary N) is 9. The van der Waals surface area contributed by atoms with Crippen molar-refractivity contribution < 1.29 is 87.9 Å². The maximum absolute atomic E-state index is 15.2. The molecule has 31 nitrogen and oxygen atoms in total. The number of unbranched alkanes of at least 4 members (excludes halogenated alkanes) is 1. The summed E-state index contributed by atoms with van der Waals surface area (Å²) in [6.45, 7) is 4.33. The largest absolute Gasteiger partial charge is 0.508 e. The number of hydrogen-bond acceptors (Lipinski definition) is 19. The summed E-state index contributed by atoms with van der Waals surface area (Å²) in [5, 5.41) is 71.6. The van der Waals surface area contributed by atoms with E-state index in [0.29, 0.717) is 34.0 Å². The van der Waals surface area contributed by atoms with Crippen LogP contribution in [0, 0.1) is 5.92 Å². The minimum absolute atomic E-state index is 0.0330. The molecule has 0 spiro atoms. The van der Waals surface area contributed by atoms with Crippen LogP contribution in [0.1, 0.15) is 88.8 Å². The lowest BCUT2D eigenvalue weighted by molar-refractivity contribution is -0.145. The molecule has 98 heavy (non-hydrogen) atoms. The fraction of sp³-hybridized carbons (Fsp3) is 0.492. The summed E-state index contributed by atoms with van der Waals surface area (Å²) in [6.07, 6.45) is -1.79. The van der Waals surface area contributed by atoms with Crippen LogP contribution in [0.3, 0.4) is 0 Å². The quantitative estimate of drug-likeness (QED) is 0.0249. The molecular formula is C65H87N13O18S2. The summed E-state index contributed by atoms with van der Waals surface area (Å²) in [6, 6.07) is 3.81. The van der Waals surface area contributed by atoms with Crippen molar-refractivity contribution in [2.45, 2.75) is 164 Å². The summed E-state index contributed by atoms with van der Waals surface area (Å²) in [5.41, 5.74) is 13.9. The lowest BCUT2D eigenvalue weighted by Gasteiger charge is -2.33. The zero-order chi connectivity index (χ0) is 71.9. The number of carboxylic acid groups (broad SMARTS) is 3. The van der Waals surface area contributed by atoms with E-state index in [0.717, 1.165) is 31.4 Å². The molecule has 18 N–H and O–H groups in total. The number of phenolic OH excluding ortho intramolecular Hbond substituents is 1. The smallest absolute Gasteiger partial charge is 0.326 e. The van der Waals surface area contributed by atoms with Crippen molar-refractivity contribution in [1.29, 1.82) is 0 Å². The number of benzene rings is 3. The number of likely N-dealkylation sites (N-methyl/N-ethyl adjacent to an activating group) is 1. The Bertz CT molecular complexity index is 3490. The number of amides is 10. The zero-order valence-electron chi connectivity index (χ0n) is 54.6. The van der Waals surface area contributed by atoms with E-state index < -0.39 is 180 Å². The summed E-state index contributed by atoms with van der Waals surface area (Å²) in [5.74, 6) is -15.8. The van der Waals surface area contributed by atoms with Crippen molar-refractivity contribution in [2.75, 3.05) is 31.6 Å². The molecule has 12 atom stereocenters. The molecule has 2 saturated heterocycles. The highest BCUT2D eigenvalue weighted by atomic mass is 33.1. The first kappa shape index (κ1) is 77.7. The number of rotatable bonds is 27. The van der Waals surface area contributed by atoms with Gasteiger partial charge in [0.05, 0.1) is 18.6 Å². The Labute approximate surface area is 572 Å². The number of hydrogen-bond donors (Lipinski definition) is 16. The van der Waals surface area contributed by atoms with Gasteiger partial charge in [0.25, 0.3) is 0 Å². The van der Waals surface area contributed by atoms with Crippen LogP contribution in [0.15, 0.2) is 85.1 Å². The maximum Gasteiger partial charge on any atom is 0.326 e. The van der Waals surface area contributed by atoms with E-state index in [9.17, 15) is 58.8 Å². The van der Waals surface area contributed by atoms with Crippen LogP contribution in [-0.4, -0.2) is 222 Å². The first-order valence-electron chi connectivity index (χ1n) is 32.0. The number of fused-ring (bicyclic) bond motifs is 1. The second-order valence-corrected chi connectivity index (χ2v) is 27.0. The molecule has 2 aliphatic rings. The summed E-state index contributed by atoms with van der Waals surface area (Å²) in [7, 11) is 2.98. The number of para-hydroxylation sites is 1. The van der Waals surface area contributed by atoms with Gasteiger partial charge in [-0.1, -0.05) is 96.1 Å². The number of nitrogens with zero attached hydrogens (tertiary/aromatic N) is 2. The average molecular weight is 1400 g/mol. The monoisotopic (exact) mass is 1400 g/mol. The lowest BCUT2D eigenvalue weighted by Crippen LogP contribution is -2.62. The van der Waals surface area contributed by atoms with Crippen molar-refractivity contribution in [3.63, 3.8) is 0 Å². The van der Waals surface area contributed by atoms with E-state index >= 15 is 24.0 Å².